The van der Waals surface area contributed by atoms with Crippen LogP contribution in [-0.2, 0) is 0 Å². The van der Waals surface area contributed by atoms with Crippen molar-refractivity contribution < 1.29 is 0 Å². The zero-order valence-corrected chi connectivity index (χ0v) is 62.8. The van der Waals surface area contributed by atoms with E-state index in [1.807, 2.05) is 0 Å². The fraction of sp³-hybridized carbons (Fsp3) is 1.00. The molecule has 0 aliphatic carbocycles. The third-order valence-corrected chi connectivity index (χ3v) is 26.0. The Morgan fingerprint density at radius 1 is 0.165 bits per heavy atom. The molecule has 0 radical (unpaired) electrons. The minimum Gasteiger partial charge on any atom is -0.0998 e. The van der Waals surface area contributed by atoms with Crippen LogP contribution >= 0.6 is 7.92 Å². The van der Waals surface area contributed by atoms with Crippen LogP contribution in [0.3, 0.4) is 0 Å². The first-order valence-corrected chi connectivity index (χ1v) is 43.3. The van der Waals surface area contributed by atoms with Crippen molar-refractivity contribution in [1.82, 2.24) is 0 Å². The average molecular weight is 1210 g/mol. The molecule has 0 aliphatic rings. The summed E-state index contributed by atoms with van der Waals surface area (Å²) < 4.78 is 0. The average Bonchev–Trinajstić information content (AvgIpc) is 1.09. The molecule has 0 unspecified atom stereocenters. The first kappa shape index (κ1) is 85.4. The van der Waals surface area contributed by atoms with Crippen molar-refractivity contribution in [3.63, 3.8) is 0 Å². The third-order valence-electron chi connectivity index (χ3n) is 22.2. The maximum absolute atomic E-state index is 3.11. The lowest BCUT2D eigenvalue weighted by Crippen LogP contribution is -2.57. The zero-order valence-electron chi connectivity index (χ0n) is 61.9. The molecule has 1 heteroatoms. The summed E-state index contributed by atoms with van der Waals surface area (Å²) in [6, 6.07) is 0. The van der Waals surface area contributed by atoms with Crippen molar-refractivity contribution in [2.24, 2.45) is 10.8 Å². The van der Waals surface area contributed by atoms with Crippen LogP contribution in [0.15, 0.2) is 0 Å². The van der Waals surface area contributed by atoms with E-state index < -0.39 is 0 Å². The Morgan fingerprint density at radius 3 is 0.506 bits per heavy atom. The number of hydrogen-bond donors (Lipinski definition) is 0. The monoisotopic (exact) mass is 1210 g/mol. The quantitative estimate of drug-likeness (QED) is 0.0421. The summed E-state index contributed by atoms with van der Waals surface area (Å²) in [5, 5.41) is 0.525. The highest BCUT2D eigenvalue weighted by molar-refractivity contribution is 7.59. The van der Waals surface area contributed by atoms with Gasteiger partial charge in [-0.25, -0.2) is 0 Å². The van der Waals surface area contributed by atoms with Crippen molar-refractivity contribution in [1.29, 1.82) is 0 Å². The lowest BCUT2D eigenvalue weighted by atomic mass is 9.49. The van der Waals surface area contributed by atoms with E-state index >= 15 is 0 Å². The van der Waals surface area contributed by atoms with Crippen LogP contribution in [0.2, 0.25) is 0 Å². The van der Waals surface area contributed by atoms with Gasteiger partial charge in [0.1, 0.15) is 0 Å². The Kier molecular flexibility index (Phi) is 67.7. The summed E-state index contributed by atoms with van der Waals surface area (Å²) in [6.07, 6.45) is 107. The zero-order chi connectivity index (χ0) is 62.0. The van der Waals surface area contributed by atoms with Crippen LogP contribution in [0.4, 0.5) is 0 Å². The van der Waals surface area contributed by atoms with Crippen LogP contribution in [0.5, 0.6) is 0 Å². The van der Waals surface area contributed by atoms with E-state index in [2.05, 4.69) is 62.3 Å². The van der Waals surface area contributed by atoms with Crippen LogP contribution < -0.4 is 0 Å². The van der Waals surface area contributed by atoms with E-state index in [4.69, 9.17) is 0 Å². The normalized spacial score (nSPS) is 12.5. The molecule has 0 aliphatic heterocycles. The summed E-state index contributed by atoms with van der Waals surface area (Å²) in [7, 11) is -0.0873. The van der Waals surface area contributed by atoms with Gasteiger partial charge in [0, 0.05) is 0 Å². The van der Waals surface area contributed by atoms with Gasteiger partial charge in [0.15, 0.2) is 0 Å². The van der Waals surface area contributed by atoms with Gasteiger partial charge in [-0.1, -0.05) is 468 Å². The molecule has 0 rings (SSSR count). The molecular weight excluding hydrogens is 1040 g/mol. The third kappa shape index (κ3) is 47.0. The van der Waals surface area contributed by atoms with Gasteiger partial charge in [-0.2, -0.15) is 0 Å². The van der Waals surface area contributed by atoms with E-state index in [9.17, 15) is 0 Å². The van der Waals surface area contributed by atoms with Gasteiger partial charge in [-0.3, -0.25) is 0 Å². The van der Waals surface area contributed by atoms with E-state index in [1.165, 1.54) is 411 Å². The predicted molar refractivity (Wildman–Crippen MR) is 399 cm³/mol. The van der Waals surface area contributed by atoms with Gasteiger partial charge in [0.2, 0.25) is 0 Å². The molecule has 0 atom stereocenters. The number of unbranched alkanes of at least 4 members (excludes halogenated alkanes) is 56. The summed E-state index contributed by atoms with van der Waals surface area (Å²) in [5.41, 5.74) is 0.895. The van der Waals surface area contributed by atoms with Crippen molar-refractivity contribution in [3.05, 3.63) is 0 Å². The minimum absolute atomic E-state index is 0.0873. The molecule has 0 fully saturated rings. The van der Waals surface area contributed by atoms with Gasteiger partial charge >= 0.3 is 0 Å². The van der Waals surface area contributed by atoms with Gasteiger partial charge in [0.05, 0.1) is 0 Å². The maximum atomic E-state index is 3.11. The Bertz CT molecular complexity index is 1140. The highest BCUT2D eigenvalue weighted by atomic mass is 31.1. The standard InChI is InChI=1S/C84H171P/c1-10-18-26-32-38-44-50-56-62-68-74-82(9,75-69-63-57-51-45-39-33-27-19-11-2)83(76-70-64-58-52-46-40-34-28-20-12-3,77-71-65-59-53-47-41-35-29-21-13-4)84(85(80-24-16-7)81-25-17-8,78-72-66-60-54-48-42-36-30-22-14-5)79-73-67-61-55-49-43-37-31-23-15-6/h10-81H2,1-9H3. The van der Waals surface area contributed by atoms with Crippen molar-refractivity contribution >= 4 is 7.92 Å². The molecule has 0 spiro atoms. The Labute approximate surface area is 545 Å². The molecule has 0 nitrogen and oxygen atoms in total. The second kappa shape index (κ2) is 67.3. The van der Waals surface area contributed by atoms with E-state index in [0.29, 0.717) is 16.0 Å². The SMILES string of the molecule is CCCCCCCCCCCCC(C)(CCCCCCCCCCCC)C(CCCCCCCCCCCC)(CCCCCCCCCCCC)C(CCCCCCCCCCCC)(CCCCCCCCCCCC)P(CCCC)CCCC. The maximum Gasteiger partial charge on any atom is -0.00328 e. The van der Waals surface area contributed by atoms with Crippen LogP contribution in [0, 0.1) is 10.8 Å². The van der Waals surface area contributed by atoms with Gasteiger partial charge < -0.3 is 0 Å². The Balaban J connectivity index is 8.01. The van der Waals surface area contributed by atoms with Crippen LogP contribution in [-0.4, -0.2) is 17.5 Å². The highest BCUT2D eigenvalue weighted by Crippen LogP contribution is 2.73. The first-order chi connectivity index (χ1) is 41.9. The Morgan fingerprint density at radius 2 is 0.318 bits per heavy atom. The molecule has 0 N–H and O–H groups in total. The molecule has 85 heavy (non-hydrogen) atoms. The highest BCUT2D eigenvalue weighted by Gasteiger charge is 2.60. The first-order valence-electron chi connectivity index (χ1n) is 41.6. The Hall–Kier alpha value is 0.430. The van der Waals surface area contributed by atoms with E-state index in [-0.39, 0.29) is 7.92 Å². The molecule has 0 saturated carbocycles. The summed E-state index contributed by atoms with van der Waals surface area (Å²) in [4.78, 5) is 0. The fourth-order valence-electron chi connectivity index (χ4n) is 16.5. The molecule has 0 heterocycles. The molecule has 0 amide bonds. The molecule has 0 aromatic carbocycles. The summed E-state index contributed by atoms with van der Waals surface area (Å²) in [5.74, 6) is 0. The largest absolute Gasteiger partial charge is 0.0998 e. The molecule has 0 aromatic rings. The molecule has 0 bridgehead atoms. The number of hydrogen-bond acceptors (Lipinski definition) is 0. The minimum atomic E-state index is -0.0873. The summed E-state index contributed by atoms with van der Waals surface area (Å²) >= 11 is 0. The predicted octanol–water partition coefficient (Wildman–Crippen LogP) is 32.7. The van der Waals surface area contributed by atoms with E-state index in [0.717, 1.165) is 0 Å². The molecule has 512 valence electrons. The van der Waals surface area contributed by atoms with Crippen molar-refractivity contribution in [2.45, 2.75) is 517 Å². The van der Waals surface area contributed by atoms with Crippen molar-refractivity contribution in [3.8, 4) is 0 Å². The smallest absolute Gasteiger partial charge is 0.00328 e. The summed E-state index contributed by atoms with van der Waals surface area (Å²) in [6.45, 7) is 22.6. The van der Waals surface area contributed by atoms with E-state index in [1.54, 1.807) is 50.8 Å². The lowest BCUT2D eigenvalue weighted by molar-refractivity contribution is -0.0423. The fourth-order valence-corrected chi connectivity index (χ4v) is 21.0. The molecule has 0 aromatic heterocycles. The van der Waals surface area contributed by atoms with Crippen LogP contribution in [0.25, 0.3) is 0 Å². The van der Waals surface area contributed by atoms with Gasteiger partial charge in [0.25, 0.3) is 0 Å². The second-order valence-electron chi connectivity index (χ2n) is 30.0. The van der Waals surface area contributed by atoms with Crippen LogP contribution in [0.1, 0.15) is 512 Å². The van der Waals surface area contributed by atoms with Gasteiger partial charge in [-0.15, -0.1) is 0 Å². The molecule has 0 saturated heterocycles. The number of rotatable bonds is 75. The second-order valence-corrected chi connectivity index (χ2v) is 32.8. The van der Waals surface area contributed by atoms with Crippen molar-refractivity contribution in [2.75, 3.05) is 12.3 Å². The topological polar surface area (TPSA) is 0 Å². The molecular formula is C84H171P. The van der Waals surface area contributed by atoms with Gasteiger partial charge in [-0.05, 0) is 79.7 Å². The lowest BCUT2D eigenvalue weighted by Gasteiger charge is -2.65.